The Bertz CT molecular complexity index is 451. The Hall–Kier alpha value is -1.66. The van der Waals surface area contributed by atoms with Gasteiger partial charge in [-0.05, 0) is 12.1 Å². The minimum Gasteiger partial charge on any atom is -0.480 e. The number of hydrogen-bond acceptors (Lipinski definition) is 4. The first-order valence-electron chi connectivity index (χ1n) is 4.52. The van der Waals surface area contributed by atoms with Gasteiger partial charge in [0.15, 0.2) is 5.82 Å². The number of hydrazine groups is 1. The van der Waals surface area contributed by atoms with Crippen LogP contribution in [-0.4, -0.2) is 28.0 Å². The van der Waals surface area contributed by atoms with E-state index < -0.39 is 12.0 Å². The molecule has 1 unspecified atom stereocenters. The second-order valence-electron chi connectivity index (χ2n) is 3.26. The molecule has 1 fully saturated rings. The fraction of sp³-hybridized carbons (Fsp3) is 0.222. The molecule has 0 radical (unpaired) electrons. The van der Waals surface area contributed by atoms with Gasteiger partial charge in [-0.15, -0.1) is 0 Å². The van der Waals surface area contributed by atoms with Gasteiger partial charge in [-0.25, -0.2) is 15.4 Å². The van der Waals surface area contributed by atoms with Crippen LogP contribution < -0.4 is 10.4 Å². The quantitative estimate of drug-likeness (QED) is 0.785. The van der Waals surface area contributed by atoms with E-state index in [1.54, 1.807) is 12.1 Å². The summed E-state index contributed by atoms with van der Waals surface area (Å²) in [6, 6.07) is 2.28. The summed E-state index contributed by atoms with van der Waals surface area (Å²) in [5.74, 6) is -1.23. The van der Waals surface area contributed by atoms with Crippen molar-refractivity contribution in [2.75, 3.05) is 5.01 Å². The Balaban J connectivity index is 2.27. The maximum Gasteiger partial charge on any atom is 0.323 e. The number of aliphatic carboxylic acids is 1. The Morgan fingerprint density at radius 2 is 2.44 bits per heavy atom. The number of nitrogens with one attached hydrogen (secondary N) is 1. The van der Waals surface area contributed by atoms with E-state index in [1.165, 1.54) is 6.20 Å². The maximum absolute atomic E-state index is 11.5. The molecule has 6 nitrogen and oxygen atoms in total. The summed E-state index contributed by atoms with van der Waals surface area (Å²) in [4.78, 5) is 26.2. The average Bonchev–Trinajstić information content (AvgIpc) is 2.61. The van der Waals surface area contributed by atoms with Crippen molar-refractivity contribution >= 4 is 29.3 Å². The van der Waals surface area contributed by atoms with Crippen molar-refractivity contribution in [3.05, 3.63) is 23.4 Å². The van der Waals surface area contributed by atoms with Gasteiger partial charge in [-0.1, -0.05) is 11.6 Å². The summed E-state index contributed by atoms with van der Waals surface area (Å²) in [5.41, 5.74) is 2.53. The number of amides is 1. The van der Waals surface area contributed by atoms with Gasteiger partial charge in [0.2, 0.25) is 5.91 Å². The lowest BCUT2D eigenvalue weighted by Crippen LogP contribution is -2.41. The van der Waals surface area contributed by atoms with E-state index in [0.29, 0.717) is 0 Å². The van der Waals surface area contributed by atoms with Gasteiger partial charge in [0.25, 0.3) is 0 Å². The fourth-order valence-corrected chi connectivity index (χ4v) is 1.61. The molecule has 1 aromatic heterocycles. The standard InChI is InChI=1S/C9H8ClN3O3/c10-5-2-1-3-11-8(5)13-7(14)4-6(12-13)9(15)16/h1-3,6,12H,4H2,(H,15,16). The minimum absolute atomic E-state index is 0.109. The van der Waals surface area contributed by atoms with Crippen molar-refractivity contribution in [2.45, 2.75) is 12.5 Å². The SMILES string of the molecule is O=C(O)C1CC(=O)N(c2ncccc2Cl)N1. The number of carboxylic acids is 1. The predicted molar refractivity (Wildman–Crippen MR) is 55.9 cm³/mol. The molecule has 0 aliphatic carbocycles. The van der Waals surface area contributed by atoms with Crippen LogP contribution in [0.3, 0.4) is 0 Å². The molecule has 84 valence electrons. The molecule has 1 aliphatic heterocycles. The van der Waals surface area contributed by atoms with Crippen molar-refractivity contribution in [2.24, 2.45) is 0 Å². The smallest absolute Gasteiger partial charge is 0.323 e. The third-order valence-corrected chi connectivity index (χ3v) is 2.46. The number of nitrogens with zero attached hydrogens (tertiary/aromatic N) is 2. The zero-order valence-corrected chi connectivity index (χ0v) is 8.81. The number of carbonyl (C=O) groups is 2. The normalized spacial score (nSPS) is 20.2. The highest BCUT2D eigenvalue weighted by Crippen LogP contribution is 2.24. The minimum atomic E-state index is -1.08. The van der Waals surface area contributed by atoms with Gasteiger partial charge in [-0.2, -0.15) is 0 Å². The van der Waals surface area contributed by atoms with Gasteiger partial charge in [0.05, 0.1) is 11.4 Å². The van der Waals surface area contributed by atoms with E-state index in [9.17, 15) is 9.59 Å². The van der Waals surface area contributed by atoms with E-state index in [1.807, 2.05) is 0 Å². The summed E-state index contributed by atoms with van der Waals surface area (Å²) >= 11 is 5.85. The van der Waals surface area contributed by atoms with E-state index in [0.717, 1.165) is 5.01 Å². The number of carboxylic acid groups (broad SMARTS) is 1. The van der Waals surface area contributed by atoms with E-state index >= 15 is 0 Å². The van der Waals surface area contributed by atoms with E-state index in [4.69, 9.17) is 16.7 Å². The average molecular weight is 242 g/mol. The molecule has 7 heteroatoms. The number of rotatable bonds is 2. The molecule has 0 aromatic carbocycles. The van der Waals surface area contributed by atoms with E-state index in [2.05, 4.69) is 10.4 Å². The highest BCUT2D eigenvalue weighted by molar-refractivity contribution is 6.33. The summed E-state index contributed by atoms with van der Waals surface area (Å²) in [6.45, 7) is 0. The molecule has 1 aliphatic rings. The van der Waals surface area contributed by atoms with Gasteiger partial charge in [-0.3, -0.25) is 9.59 Å². The Morgan fingerprint density at radius 3 is 3.00 bits per heavy atom. The van der Waals surface area contributed by atoms with Crippen LogP contribution in [0.2, 0.25) is 5.02 Å². The number of halogens is 1. The summed E-state index contributed by atoms with van der Waals surface area (Å²) in [5, 5.41) is 10.1. The number of anilines is 1. The number of aromatic nitrogens is 1. The summed E-state index contributed by atoms with van der Waals surface area (Å²) in [6.07, 6.45) is 1.37. The van der Waals surface area contributed by atoms with Crippen molar-refractivity contribution in [3.8, 4) is 0 Å². The van der Waals surface area contributed by atoms with Gasteiger partial charge in [0.1, 0.15) is 6.04 Å². The van der Waals surface area contributed by atoms with Crippen LogP contribution in [0.1, 0.15) is 6.42 Å². The monoisotopic (exact) mass is 241 g/mol. The molecule has 0 bridgehead atoms. The molecule has 2 N–H and O–H groups in total. The zero-order chi connectivity index (χ0) is 11.7. The largest absolute Gasteiger partial charge is 0.480 e. The Morgan fingerprint density at radius 1 is 1.69 bits per heavy atom. The molecule has 1 saturated heterocycles. The second-order valence-corrected chi connectivity index (χ2v) is 3.67. The number of hydrogen-bond donors (Lipinski definition) is 2. The molecule has 0 saturated carbocycles. The van der Waals surface area contributed by atoms with Crippen LogP contribution in [0.4, 0.5) is 5.82 Å². The molecule has 0 spiro atoms. The van der Waals surface area contributed by atoms with Crippen LogP contribution in [0.5, 0.6) is 0 Å². The lowest BCUT2D eigenvalue weighted by atomic mass is 10.2. The Labute approximate surface area is 95.8 Å². The highest BCUT2D eigenvalue weighted by Gasteiger charge is 2.36. The van der Waals surface area contributed by atoms with Crippen molar-refractivity contribution in [1.82, 2.24) is 10.4 Å². The van der Waals surface area contributed by atoms with Gasteiger partial charge < -0.3 is 5.11 Å². The highest BCUT2D eigenvalue weighted by atomic mass is 35.5. The van der Waals surface area contributed by atoms with Crippen molar-refractivity contribution < 1.29 is 14.7 Å². The lowest BCUT2D eigenvalue weighted by molar-refractivity contribution is -0.139. The topological polar surface area (TPSA) is 82.5 Å². The first-order valence-corrected chi connectivity index (χ1v) is 4.90. The predicted octanol–water partition coefficient (Wildman–Crippen LogP) is 0.429. The van der Waals surface area contributed by atoms with Crippen LogP contribution in [0.15, 0.2) is 18.3 Å². The lowest BCUT2D eigenvalue weighted by Gasteiger charge is -2.16. The molecule has 1 amide bonds. The van der Waals surface area contributed by atoms with Crippen molar-refractivity contribution in [3.63, 3.8) is 0 Å². The first kappa shape index (κ1) is 10.8. The fourth-order valence-electron chi connectivity index (χ4n) is 1.40. The molecule has 1 aromatic rings. The molecule has 2 heterocycles. The Kier molecular flexibility index (Phi) is 2.76. The first-order chi connectivity index (χ1) is 7.59. The second kappa shape index (κ2) is 4.07. The van der Waals surface area contributed by atoms with Crippen LogP contribution >= 0.6 is 11.6 Å². The van der Waals surface area contributed by atoms with Crippen LogP contribution in [0, 0.1) is 0 Å². The van der Waals surface area contributed by atoms with Gasteiger partial charge in [0, 0.05) is 6.20 Å². The molecular formula is C9H8ClN3O3. The van der Waals surface area contributed by atoms with E-state index in [-0.39, 0.29) is 23.2 Å². The molecule has 16 heavy (non-hydrogen) atoms. The summed E-state index contributed by atoms with van der Waals surface area (Å²) < 4.78 is 0. The maximum atomic E-state index is 11.5. The third-order valence-electron chi connectivity index (χ3n) is 2.16. The molecule has 1 atom stereocenters. The molecule has 2 rings (SSSR count). The van der Waals surface area contributed by atoms with Crippen LogP contribution in [-0.2, 0) is 9.59 Å². The third kappa shape index (κ3) is 1.84. The van der Waals surface area contributed by atoms with Crippen molar-refractivity contribution in [1.29, 1.82) is 0 Å². The van der Waals surface area contributed by atoms with Gasteiger partial charge >= 0.3 is 5.97 Å². The summed E-state index contributed by atoms with van der Waals surface area (Å²) in [7, 11) is 0. The zero-order valence-electron chi connectivity index (χ0n) is 8.05. The number of pyridine rings is 1. The van der Waals surface area contributed by atoms with Crippen LogP contribution in [0.25, 0.3) is 0 Å². The number of carbonyl (C=O) groups excluding carboxylic acids is 1. The molecular weight excluding hydrogens is 234 g/mol.